The van der Waals surface area contributed by atoms with Crippen LogP contribution in [0.1, 0.15) is 30.0 Å². The van der Waals surface area contributed by atoms with Crippen LogP contribution in [-0.4, -0.2) is 15.3 Å². The standard InChI is InChI=1S/C46H36N5OS.ClHO4/c1-3-48-41-31-34(46-47-38-22-13-14-23-43(38)53-46)27-29-39(41)49(35-16-7-4-8-17-35)44(48)24-15-25-45-50(36-18-9-5-10-19-36)40-28-26-33(32(2)52)30-42(40)51(45)37-20-11-6-12-21-37;2-1(3,4)5/h4-31H,3H2,1-2H3;(H,2,3,4,5)/q+1;/p-1. The van der Waals surface area contributed by atoms with E-state index in [2.05, 4.69) is 153 Å². The molecule has 0 aliphatic carbocycles. The minimum absolute atomic E-state index is 0.0357. The van der Waals surface area contributed by atoms with Crippen molar-refractivity contribution >= 4 is 67.2 Å². The first-order valence-corrected chi connectivity index (χ1v) is 20.5. The summed E-state index contributed by atoms with van der Waals surface area (Å²) in [5.74, 6) is 2.05. The highest BCUT2D eigenvalue weighted by molar-refractivity contribution is 7.21. The van der Waals surface area contributed by atoms with Gasteiger partial charge in [0.25, 0.3) is 5.82 Å². The zero-order valence-electron chi connectivity index (χ0n) is 31.4. The van der Waals surface area contributed by atoms with Crippen molar-refractivity contribution in [1.29, 1.82) is 0 Å². The quantitative estimate of drug-likeness (QED) is 0.125. The zero-order chi connectivity index (χ0) is 40.4. The fourth-order valence-corrected chi connectivity index (χ4v) is 8.26. The van der Waals surface area contributed by atoms with Crippen LogP contribution in [0, 0.1) is 10.2 Å². The number of allylic oxidation sites excluding steroid dienone is 2. The molecular formula is C46H36ClN5O5S. The number of rotatable bonds is 8. The smallest absolute Gasteiger partial charge is 0.287 e. The highest BCUT2D eigenvalue weighted by Gasteiger charge is 2.34. The second kappa shape index (κ2) is 16.2. The van der Waals surface area contributed by atoms with Crippen molar-refractivity contribution < 1.29 is 38.2 Å². The first-order chi connectivity index (χ1) is 28.1. The molecule has 0 saturated carbocycles. The third-order valence-corrected chi connectivity index (χ3v) is 10.8. The lowest BCUT2D eigenvalue weighted by atomic mass is 10.1. The van der Waals surface area contributed by atoms with Gasteiger partial charge >= 0.3 is 0 Å². The summed E-state index contributed by atoms with van der Waals surface area (Å²) in [5, 5.41) is 1.01. The minimum Gasteiger partial charge on any atom is -0.295 e. The Bertz CT molecular complexity index is 2780. The molecule has 0 bridgehead atoms. The topological polar surface area (TPSA) is 137 Å². The van der Waals surface area contributed by atoms with Crippen LogP contribution >= 0.6 is 11.3 Å². The molecule has 58 heavy (non-hydrogen) atoms. The summed E-state index contributed by atoms with van der Waals surface area (Å²) < 4.78 is 39.9. The third kappa shape index (κ3) is 7.78. The maximum atomic E-state index is 12.6. The lowest BCUT2D eigenvalue weighted by molar-refractivity contribution is -2.00. The lowest BCUT2D eigenvalue weighted by Crippen LogP contribution is -2.68. The Morgan fingerprint density at radius 3 is 1.91 bits per heavy atom. The summed E-state index contributed by atoms with van der Waals surface area (Å²) in [6.07, 6.45) is 6.53. The van der Waals surface area contributed by atoms with E-state index in [0.29, 0.717) is 5.56 Å². The van der Waals surface area contributed by atoms with Crippen LogP contribution in [0.2, 0.25) is 0 Å². The Kier molecular flexibility index (Phi) is 10.7. The number of halogens is 1. The van der Waals surface area contributed by atoms with Crippen LogP contribution in [-0.2, 0) is 6.54 Å². The Morgan fingerprint density at radius 2 is 1.31 bits per heavy atom. The molecule has 12 heteroatoms. The number of benzene rings is 6. The monoisotopic (exact) mass is 805 g/mol. The summed E-state index contributed by atoms with van der Waals surface area (Å²) in [4.78, 5) is 22.1. The first-order valence-electron chi connectivity index (χ1n) is 18.4. The van der Waals surface area contributed by atoms with Crippen molar-refractivity contribution in [2.75, 3.05) is 9.80 Å². The van der Waals surface area contributed by atoms with Crippen molar-refractivity contribution in [1.82, 2.24) is 9.55 Å². The number of nitrogens with zero attached hydrogens (tertiary/aromatic N) is 5. The predicted octanol–water partition coefficient (Wildman–Crippen LogP) is 6.51. The molecule has 0 N–H and O–H groups in total. The number of aromatic nitrogens is 3. The number of Topliss-reactive ketones (excluding diaryl/α,β-unsaturated/α-hetero) is 1. The molecule has 0 fully saturated rings. The molecule has 0 amide bonds. The van der Waals surface area contributed by atoms with Gasteiger partial charge in [0.05, 0.1) is 28.1 Å². The van der Waals surface area contributed by atoms with Crippen LogP contribution in [0.15, 0.2) is 170 Å². The number of aryl methyl sites for hydroxylation is 1. The minimum atomic E-state index is -4.94. The van der Waals surface area contributed by atoms with Crippen LogP contribution in [0.3, 0.4) is 0 Å². The molecule has 2 aromatic heterocycles. The van der Waals surface area contributed by atoms with Gasteiger partial charge in [0, 0.05) is 28.6 Å². The van der Waals surface area contributed by atoms with Crippen molar-refractivity contribution in [2.24, 2.45) is 0 Å². The first kappa shape index (κ1) is 38.4. The summed E-state index contributed by atoms with van der Waals surface area (Å²) in [6, 6.07) is 52.3. The number of carbonyl (C=O) groups is 1. The van der Waals surface area contributed by atoms with Crippen molar-refractivity contribution in [3.05, 3.63) is 181 Å². The molecule has 0 saturated heterocycles. The van der Waals surface area contributed by atoms with Gasteiger partial charge in [0.1, 0.15) is 16.5 Å². The van der Waals surface area contributed by atoms with Gasteiger partial charge in [-0.1, -0.05) is 72.8 Å². The number of anilines is 4. The fourth-order valence-electron chi connectivity index (χ4n) is 7.29. The van der Waals surface area contributed by atoms with Gasteiger partial charge in [0.15, 0.2) is 16.8 Å². The zero-order valence-corrected chi connectivity index (χ0v) is 33.0. The van der Waals surface area contributed by atoms with E-state index in [1.807, 2.05) is 42.5 Å². The number of para-hydroxylation sites is 4. The lowest BCUT2D eigenvalue weighted by Gasteiger charge is -2.25. The van der Waals surface area contributed by atoms with E-state index in [1.165, 1.54) is 4.70 Å². The number of thiazole rings is 1. The average Bonchev–Trinajstić information content (AvgIpc) is 3.90. The summed E-state index contributed by atoms with van der Waals surface area (Å²) in [7, 11) is -4.94. The maximum absolute atomic E-state index is 12.6. The van der Waals surface area contributed by atoms with E-state index in [9.17, 15) is 4.79 Å². The molecule has 3 heterocycles. The Morgan fingerprint density at radius 1 is 0.724 bits per heavy atom. The molecule has 0 radical (unpaired) electrons. The average molecular weight is 806 g/mol. The van der Waals surface area contributed by atoms with Crippen LogP contribution in [0.25, 0.3) is 43.6 Å². The molecule has 6 aromatic carbocycles. The summed E-state index contributed by atoms with van der Waals surface area (Å²) in [5.41, 5.74) is 10.2. The molecule has 9 rings (SSSR count). The van der Waals surface area contributed by atoms with Gasteiger partial charge in [-0.15, -0.1) is 21.6 Å². The van der Waals surface area contributed by atoms with Gasteiger partial charge in [-0.05, 0) is 105 Å². The van der Waals surface area contributed by atoms with Gasteiger partial charge < -0.3 is 0 Å². The summed E-state index contributed by atoms with van der Waals surface area (Å²) in [6.45, 7) is 4.60. The van der Waals surface area contributed by atoms with E-state index in [-0.39, 0.29) is 5.78 Å². The molecule has 10 nitrogen and oxygen atoms in total. The highest BCUT2D eigenvalue weighted by atomic mass is 35.7. The van der Waals surface area contributed by atoms with Crippen LogP contribution in [0.5, 0.6) is 0 Å². The second-order valence-corrected chi connectivity index (χ2v) is 15.1. The fraction of sp³-hybridized carbons (Fsp3) is 0.0652. The van der Waals surface area contributed by atoms with Gasteiger partial charge in [0.2, 0.25) is 0 Å². The molecule has 0 spiro atoms. The number of hydrogen-bond donors (Lipinski definition) is 0. The number of fused-ring (bicyclic) bond motifs is 3. The Labute approximate surface area is 341 Å². The van der Waals surface area contributed by atoms with E-state index in [4.69, 9.17) is 23.6 Å². The van der Waals surface area contributed by atoms with E-state index >= 15 is 0 Å². The van der Waals surface area contributed by atoms with E-state index in [0.717, 1.165) is 73.7 Å². The van der Waals surface area contributed by atoms with E-state index < -0.39 is 10.2 Å². The molecule has 8 aromatic rings. The number of carbonyl (C=O) groups excluding carboxylic acids is 1. The third-order valence-electron chi connectivity index (χ3n) is 9.73. The molecule has 0 unspecified atom stereocenters. The summed E-state index contributed by atoms with van der Waals surface area (Å²) >= 11 is 1.72. The molecule has 1 aliphatic heterocycles. The largest absolute Gasteiger partial charge is 0.295 e. The van der Waals surface area contributed by atoms with E-state index in [1.54, 1.807) is 18.3 Å². The number of hydrogen-bond acceptors (Lipinski definition) is 9. The molecule has 288 valence electrons. The molecule has 1 aliphatic rings. The van der Waals surface area contributed by atoms with Gasteiger partial charge in [-0.25, -0.2) is 28.2 Å². The van der Waals surface area contributed by atoms with Crippen molar-refractivity contribution in [3.8, 4) is 16.3 Å². The maximum Gasteiger partial charge on any atom is 0.287 e. The number of ketones is 1. The Balaban J connectivity index is 0.000000887. The Hall–Kier alpha value is -6.44. The second-order valence-electron chi connectivity index (χ2n) is 13.3. The highest BCUT2D eigenvalue weighted by Crippen LogP contribution is 2.50. The predicted molar refractivity (Wildman–Crippen MR) is 218 cm³/mol. The number of imidazole rings is 1. The molecule has 0 atom stereocenters. The van der Waals surface area contributed by atoms with Crippen molar-refractivity contribution in [3.63, 3.8) is 0 Å². The van der Waals surface area contributed by atoms with Crippen molar-refractivity contribution in [2.45, 2.75) is 20.4 Å². The van der Waals surface area contributed by atoms with Gasteiger partial charge in [-0.2, -0.15) is 4.57 Å². The normalized spacial score (nSPS) is 13.4. The van der Waals surface area contributed by atoms with Gasteiger partial charge in [-0.3, -0.25) is 14.6 Å². The SMILES string of the molecule is CC[n+]1c(/C=C/C=C2\N(c3ccccc3)c3ccc(C(C)=O)cc3N2c2ccccc2)n(-c2ccccc2)c2ccc(-c3nc4ccccc4s3)cc21.[O-][Cl+3]([O-])([O-])[O-]. The molecular weight excluding hydrogens is 770 g/mol. The van der Waals surface area contributed by atoms with Crippen LogP contribution in [0.4, 0.5) is 22.7 Å². The van der Waals surface area contributed by atoms with Crippen LogP contribution < -0.4 is 33.0 Å².